The van der Waals surface area contributed by atoms with Crippen LogP contribution in [0.5, 0.6) is 0 Å². The average molecular weight is 297 g/mol. The molecule has 0 aromatic heterocycles. The molecule has 1 aromatic rings. The molecule has 1 aromatic carbocycles. The Labute approximate surface area is 121 Å². The molecule has 0 bridgehead atoms. The Morgan fingerprint density at radius 3 is 2.70 bits per heavy atom. The molecule has 0 spiro atoms. The van der Waals surface area contributed by atoms with Gasteiger partial charge in [-0.2, -0.15) is 0 Å². The van der Waals surface area contributed by atoms with Crippen LogP contribution >= 0.6 is 0 Å². The van der Waals surface area contributed by atoms with E-state index >= 15 is 0 Å². The lowest BCUT2D eigenvalue weighted by Gasteiger charge is -2.39. The third kappa shape index (κ3) is 3.22. The first-order valence-electron chi connectivity index (χ1n) is 7.09. The first-order chi connectivity index (χ1) is 9.38. The summed E-state index contributed by atoms with van der Waals surface area (Å²) >= 11 is 0. The lowest BCUT2D eigenvalue weighted by molar-refractivity contribution is 0.119. The van der Waals surface area contributed by atoms with Gasteiger partial charge in [-0.3, -0.25) is 0 Å². The number of sulfonamides is 1. The first kappa shape index (κ1) is 15.5. The normalized spacial score (nSPS) is 27.4. The number of nitrogens with one attached hydrogen (secondary N) is 1. The first-order valence-corrected chi connectivity index (χ1v) is 8.57. The van der Waals surface area contributed by atoms with Crippen molar-refractivity contribution in [3.8, 4) is 0 Å². The molecule has 0 saturated heterocycles. The molecule has 0 radical (unpaired) electrons. The van der Waals surface area contributed by atoms with Gasteiger partial charge in [0.05, 0.1) is 17.0 Å². The Bertz CT molecular complexity index is 570. The number of hydrogen-bond donors (Lipinski definition) is 2. The van der Waals surface area contributed by atoms with E-state index in [1.807, 2.05) is 6.07 Å². The van der Waals surface area contributed by atoms with Gasteiger partial charge in [-0.15, -0.1) is 0 Å². The maximum Gasteiger partial charge on any atom is 0.241 e. The fraction of sp³-hybridized carbons (Fsp3) is 0.600. The van der Waals surface area contributed by atoms with Crippen molar-refractivity contribution in [2.75, 3.05) is 6.61 Å². The molecule has 2 unspecified atom stereocenters. The van der Waals surface area contributed by atoms with E-state index in [0.29, 0.717) is 23.7 Å². The molecule has 0 aliphatic heterocycles. The highest BCUT2D eigenvalue weighted by atomic mass is 32.2. The van der Waals surface area contributed by atoms with Gasteiger partial charge in [-0.25, -0.2) is 13.1 Å². The molecule has 20 heavy (non-hydrogen) atoms. The van der Waals surface area contributed by atoms with E-state index in [1.54, 1.807) is 25.1 Å². The molecular weight excluding hydrogens is 274 g/mol. The Balaban J connectivity index is 2.29. The fourth-order valence-electron chi connectivity index (χ4n) is 3.13. The molecule has 0 heterocycles. The number of benzene rings is 1. The predicted molar refractivity (Wildman–Crippen MR) is 78.9 cm³/mol. The van der Waals surface area contributed by atoms with Crippen LogP contribution in [0.3, 0.4) is 0 Å². The topological polar surface area (TPSA) is 66.4 Å². The van der Waals surface area contributed by atoms with Gasteiger partial charge in [0.15, 0.2) is 0 Å². The Hall–Kier alpha value is -0.910. The van der Waals surface area contributed by atoms with Gasteiger partial charge in [0.1, 0.15) is 0 Å². The molecule has 4 nitrogen and oxygen atoms in total. The SMILES string of the molecule is Cc1ccccc1S(=O)(=O)NC1(CO)CCCC(C)C1. The van der Waals surface area contributed by atoms with Gasteiger partial charge in [0.25, 0.3) is 0 Å². The van der Waals surface area contributed by atoms with E-state index in [9.17, 15) is 13.5 Å². The zero-order chi connectivity index (χ0) is 14.8. The second kappa shape index (κ2) is 5.84. The molecule has 1 aliphatic rings. The number of rotatable bonds is 4. The Morgan fingerprint density at radius 2 is 2.10 bits per heavy atom. The lowest BCUT2D eigenvalue weighted by atomic mass is 9.78. The molecule has 2 N–H and O–H groups in total. The molecule has 5 heteroatoms. The van der Waals surface area contributed by atoms with E-state index in [1.165, 1.54) is 0 Å². The van der Waals surface area contributed by atoms with Crippen LogP contribution in [0, 0.1) is 12.8 Å². The van der Waals surface area contributed by atoms with Gasteiger partial charge in [-0.1, -0.05) is 38.0 Å². The van der Waals surface area contributed by atoms with Crippen LogP contribution in [0.4, 0.5) is 0 Å². The number of hydrogen-bond acceptors (Lipinski definition) is 3. The smallest absolute Gasteiger partial charge is 0.241 e. The van der Waals surface area contributed by atoms with Crippen LogP contribution in [-0.4, -0.2) is 25.7 Å². The van der Waals surface area contributed by atoms with Gasteiger partial charge < -0.3 is 5.11 Å². The van der Waals surface area contributed by atoms with Crippen molar-refractivity contribution in [3.05, 3.63) is 29.8 Å². The molecule has 1 saturated carbocycles. The highest BCUT2D eigenvalue weighted by Crippen LogP contribution is 2.33. The van der Waals surface area contributed by atoms with Crippen molar-refractivity contribution in [2.45, 2.75) is 50.0 Å². The van der Waals surface area contributed by atoms with Crippen LogP contribution in [0.1, 0.15) is 38.2 Å². The standard InChI is InChI=1S/C15H23NO3S/c1-12-6-5-9-15(10-12,11-17)16-20(18,19)14-8-4-3-7-13(14)2/h3-4,7-8,12,16-17H,5-6,9-11H2,1-2H3. The minimum absolute atomic E-state index is 0.150. The fourth-order valence-corrected chi connectivity index (χ4v) is 4.81. The highest BCUT2D eigenvalue weighted by Gasteiger charge is 2.38. The summed E-state index contributed by atoms with van der Waals surface area (Å²) in [4.78, 5) is 0.297. The van der Waals surface area contributed by atoms with Gasteiger partial charge in [-0.05, 0) is 37.3 Å². The quantitative estimate of drug-likeness (QED) is 0.895. The third-order valence-electron chi connectivity index (χ3n) is 4.13. The van der Waals surface area contributed by atoms with Crippen molar-refractivity contribution in [3.63, 3.8) is 0 Å². The third-order valence-corrected chi connectivity index (χ3v) is 5.87. The molecular formula is C15H23NO3S. The summed E-state index contributed by atoms with van der Waals surface area (Å²) in [7, 11) is -3.59. The molecule has 1 fully saturated rings. The van der Waals surface area contributed by atoms with Crippen LogP contribution in [0.2, 0.25) is 0 Å². The van der Waals surface area contributed by atoms with Crippen molar-refractivity contribution in [1.29, 1.82) is 0 Å². The van der Waals surface area contributed by atoms with Crippen molar-refractivity contribution in [2.24, 2.45) is 5.92 Å². The van der Waals surface area contributed by atoms with E-state index < -0.39 is 15.6 Å². The van der Waals surface area contributed by atoms with E-state index in [2.05, 4.69) is 11.6 Å². The summed E-state index contributed by atoms with van der Waals surface area (Å²) in [5.74, 6) is 0.426. The maximum absolute atomic E-state index is 12.6. The second-order valence-corrected chi connectivity index (χ2v) is 7.66. The Kier molecular flexibility index (Phi) is 4.52. The highest BCUT2D eigenvalue weighted by molar-refractivity contribution is 7.89. The zero-order valence-corrected chi connectivity index (χ0v) is 12.9. The van der Waals surface area contributed by atoms with Crippen LogP contribution in [0.15, 0.2) is 29.2 Å². The van der Waals surface area contributed by atoms with E-state index in [-0.39, 0.29) is 6.61 Å². The summed E-state index contributed by atoms with van der Waals surface area (Å²) < 4.78 is 27.9. The molecule has 2 rings (SSSR count). The largest absolute Gasteiger partial charge is 0.394 e. The van der Waals surface area contributed by atoms with Crippen molar-refractivity contribution < 1.29 is 13.5 Å². The van der Waals surface area contributed by atoms with Crippen molar-refractivity contribution >= 4 is 10.0 Å². The van der Waals surface area contributed by atoms with Gasteiger partial charge in [0.2, 0.25) is 10.0 Å². The Morgan fingerprint density at radius 1 is 1.40 bits per heavy atom. The summed E-state index contributed by atoms with van der Waals surface area (Å²) in [6, 6.07) is 6.92. The van der Waals surface area contributed by atoms with E-state index in [0.717, 1.165) is 18.4 Å². The second-order valence-electron chi connectivity index (χ2n) is 6.01. The minimum atomic E-state index is -3.59. The molecule has 1 aliphatic carbocycles. The van der Waals surface area contributed by atoms with Crippen molar-refractivity contribution in [1.82, 2.24) is 4.72 Å². The maximum atomic E-state index is 12.6. The number of aryl methyl sites for hydroxylation is 1. The lowest BCUT2D eigenvalue weighted by Crippen LogP contribution is -2.53. The minimum Gasteiger partial charge on any atom is -0.394 e. The van der Waals surface area contributed by atoms with Gasteiger partial charge >= 0.3 is 0 Å². The summed E-state index contributed by atoms with van der Waals surface area (Å²) in [6.07, 6.45) is 3.42. The van der Waals surface area contributed by atoms with Gasteiger partial charge in [0, 0.05) is 0 Å². The predicted octanol–water partition coefficient (Wildman–Crippen LogP) is 2.21. The number of aliphatic hydroxyl groups excluding tert-OH is 1. The van der Waals surface area contributed by atoms with Crippen LogP contribution in [0.25, 0.3) is 0 Å². The van der Waals surface area contributed by atoms with Crippen LogP contribution < -0.4 is 4.72 Å². The molecule has 112 valence electrons. The van der Waals surface area contributed by atoms with E-state index in [4.69, 9.17) is 0 Å². The molecule has 2 atom stereocenters. The summed E-state index contributed by atoms with van der Waals surface area (Å²) in [5, 5.41) is 9.71. The average Bonchev–Trinajstić information content (AvgIpc) is 2.38. The monoisotopic (exact) mass is 297 g/mol. The summed E-state index contributed by atoms with van der Waals surface area (Å²) in [5.41, 5.74) is 0.00985. The summed E-state index contributed by atoms with van der Waals surface area (Å²) in [6.45, 7) is 3.73. The zero-order valence-electron chi connectivity index (χ0n) is 12.1. The van der Waals surface area contributed by atoms with Crippen LogP contribution in [-0.2, 0) is 10.0 Å². The molecule has 0 amide bonds. The number of aliphatic hydroxyl groups is 1.